The fourth-order valence-electron chi connectivity index (χ4n) is 7.03. The predicted octanol–water partition coefficient (Wildman–Crippen LogP) is 2.86. The van der Waals surface area contributed by atoms with Gasteiger partial charge in [-0.1, -0.05) is 12.1 Å². The normalized spacial score (nSPS) is 39.4. The summed E-state index contributed by atoms with van der Waals surface area (Å²) in [7, 11) is 0. The van der Waals surface area contributed by atoms with Gasteiger partial charge in [-0.25, -0.2) is 4.39 Å². The molecule has 4 unspecified atom stereocenters. The van der Waals surface area contributed by atoms with Crippen LogP contribution in [0.3, 0.4) is 0 Å². The molecule has 1 heterocycles. The summed E-state index contributed by atoms with van der Waals surface area (Å²) in [5.41, 5.74) is 7.55. The maximum atomic E-state index is 13.3. The monoisotopic (exact) mass is 385 g/mol. The Morgan fingerprint density at radius 1 is 1.18 bits per heavy atom. The molecule has 0 aromatic heterocycles. The first kappa shape index (κ1) is 18.6. The zero-order valence-corrected chi connectivity index (χ0v) is 16.6. The highest BCUT2D eigenvalue weighted by molar-refractivity contribution is 5.83. The van der Waals surface area contributed by atoms with E-state index >= 15 is 0 Å². The number of carbonyl (C=O) groups excluding carboxylic acids is 1. The molecule has 0 radical (unpaired) electrons. The SMILES string of the molecule is NC12CC3C[C@H](C1)CC(C(=O)NC1CCN(CCc4ccc(F)cc4)C1)(C3)C2. The van der Waals surface area contributed by atoms with Gasteiger partial charge in [0.05, 0.1) is 5.41 Å². The molecular formula is C23H32FN3O. The molecule has 1 amide bonds. The minimum atomic E-state index is -0.194. The van der Waals surface area contributed by atoms with Crippen molar-refractivity contribution in [2.75, 3.05) is 19.6 Å². The molecular weight excluding hydrogens is 353 g/mol. The second kappa shape index (κ2) is 6.81. The van der Waals surface area contributed by atoms with Crippen molar-refractivity contribution < 1.29 is 9.18 Å². The average molecular weight is 386 g/mol. The summed E-state index contributed by atoms with van der Waals surface area (Å²) >= 11 is 0. The van der Waals surface area contributed by atoms with Gasteiger partial charge in [0.1, 0.15) is 5.82 Å². The van der Waals surface area contributed by atoms with E-state index in [0.29, 0.717) is 11.8 Å². The number of likely N-dealkylation sites (tertiary alicyclic amines) is 1. The maximum absolute atomic E-state index is 13.3. The Labute approximate surface area is 167 Å². The molecule has 5 atom stereocenters. The Balaban J connectivity index is 1.15. The first-order valence-corrected chi connectivity index (χ1v) is 11.0. The third-order valence-electron chi connectivity index (χ3n) is 7.83. The highest BCUT2D eigenvalue weighted by Crippen LogP contribution is 2.60. The number of halogens is 1. The van der Waals surface area contributed by atoms with E-state index in [-0.39, 0.29) is 28.7 Å². The van der Waals surface area contributed by atoms with Crippen molar-refractivity contribution >= 4 is 5.91 Å². The van der Waals surface area contributed by atoms with E-state index in [0.717, 1.165) is 70.1 Å². The molecule has 6 rings (SSSR count). The van der Waals surface area contributed by atoms with E-state index in [1.54, 1.807) is 0 Å². The smallest absolute Gasteiger partial charge is 0.226 e. The summed E-state index contributed by atoms with van der Waals surface area (Å²) in [6.45, 7) is 2.90. The highest BCUT2D eigenvalue weighted by atomic mass is 19.1. The van der Waals surface area contributed by atoms with Gasteiger partial charge in [-0.2, -0.15) is 0 Å². The van der Waals surface area contributed by atoms with Crippen LogP contribution in [0.4, 0.5) is 4.39 Å². The minimum absolute atomic E-state index is 0.0850. The Kier molecular flexibility index (Phi) is 4.51. The summed E-state index contributed by atoms with van der Waals surface area (Å²) in [5, 5.41) is 3.40. The predicted molar refractivity (Wildman–Crippen MR) is 107 cm³/mol. The largest absolute Gasteiger partial charge is 0.352 e. The van der Waals surface area contributed by atoms with E-state index in [2.05, 4.69) is 10.2 Å². The summed E-state index contributed by atoms with van der Waals surface area (Å²) in [6.07, 6.45) is 8.47. The van der Waals surface area contributed by atoms with E-state index in [9.17, 15) is 9.18 Å². The molecule has 3 N–H and O–H groups in total. The van der Waals surface area contributed by atoms with Crippen molar-refractivity contribution in [1.82, 2.24) is 10.2 Å². The average Bonchev–Trinajstić information content (AvgIpc) is 3.06. The Bertz CT molecular complexity index is 735. The molecule has 4 bridgehead atoms. The van der Waals surface area contributed by atoms with E-state index in [1.165, 1.54) is 18.6 Å². The molecule has 1 aromatic carbocycles. The van der Waals surface area contributed by atoms with Crippen molar-refractivity contribution in [2.24, 2.45) is 23.0 Å². The Morgan fingerprint density at radius 3 is 2.57 bits per heavy atom. The van der Waals surface area contributed by atoms with Gasteiger partial charge in [0.25, 0.3) is 0 Å². The van der Waals surface area contributed by atoms with Gasteiger partial charge in [-0.15, -0.1) is 0 Å². The van der Waals surface area contributed by atoms with Crippen molar-refractivity contribution in [3.63, 3.8) is 0 Å². The van der Waals surface area contributed by atoms with E-state index in [4.69, 9.17) is 5.73 Å². The molecule has 5 aliphatic rings. The van der Waals surface area contributed by atoms with Gasteiger partial charge in [-0.05, 0) is 80.9 Å². The van der Waals surface area contributed by atoms with Crippen LogP contribution in [0.5, 0.6) is 0 Å². The number of nitrogens with one attached hydrogen (secondary N) is 1. The van der Waals surface area contributed by atoms with Crippen LogP contribution in [0.25, 0.3) is 0 Å². The molecule has 4 saturated carbocycles. The maximum Gasteiger partial charge on any atom is 0.226 e. The number of nitrogens with zero attached hydrogens (tertiary/aromatic N) is 1. The quantitative estimate of drug-likeness (QED) is 0.819. The fraction of sp³-hybridized carbons (Fsp3) is 0.696. The van der Waals surface area contributed by atoms with Crippen LogP contribution in [0.2, 0.25) is 0 Å². The molecule has 4 aliphatic carbocycles. The van der Waals surface area contributed by atoms with Crippen LogP contribution >= 0.6 is 0 Å². The first-order valence-electron chi connectivity index (χ1n) is 11.0. The van der Waals surface area contributed by atoms with Gasteiger partial charge in [0.15, 0.2) is 0 Å². The molecule has 0 spiro atoms. The van der Waals surface area contributed by atoms with Gasteiger partial charge >= 0.3 is 0 Å². The summed E-state index contributed by atoms with van der Waals surface area (Å²) in [6, 6.07) is 7.03. The lowest BCUT2D eigenvalue weighted by atomic mass is 9.47. The second-order valence-electron chi connectivity index (χ2n) is 10.2. The van der Waals surface area contributed by atoms with Crippen LogP contribution < -0.4 is 11.1 Å². The lowest BCUT2D eigenvalue weighted by Gasteiger charge is -2.60. The first-order chi connectivity index (χ1) is 13.4. The minimum Gasteiger partial charge on any atom is -0.352 e. The topological polar surface area (TPSA) is 58.4 Å². The number of rotatable bonds is 5. The standard InChI is InChI=1S/C23H32FN3O/c24-19-3-1-16(2-4-19)5-7-27-8-6-20(14-27)26-21(28)22-10-17-9-18(11-22)13-23(25,12-17)15-22/h1-4,17-18,20H,5-15,25H2,(H,26,28)/t17-,18?,20?,22?,23?/m0/s1. The third kappa shape index (κ3) is 3.48. The number of amides is 1. The van der Waals surface area contributed by atoms with Crippen molar-refractivity contribution in [3.8, 4) is 0 Å². The van der Waals surface area contributed by atoms with Crippen LogP contribution in [0.1, 0.15) is 50.5 Å². The summed E-state index contributed by atoms with van der Waals surface area (Å²) < 4.78 is 13.0. The second-order valence-corrected chi connectivity index (χ2v) is 10.2. The van der Waals surface area contributed by atoms with Gasteiger partial charge in [0, 0.05) is 31.2 Å². The highest BCUT2D eigenvalue weighted by Gasteiger charge is 2.59. The number of hydrogen-bond acceptors (Lipinski definition) is 3. The Hall–Kier alpha value is -1.46. The zero-order chi connectivity index (χ0) is 19.4. The van der Waals surface area contributed by atoms with Crippen molar-refractivity contribution in [2.45, 2.75) is 62.9 Å². The lowest BCUT2D eigenvalue weighted by molar-refractivity contribution is -0.148. The number of carbonyl (C=O) groups is 1. The van der Waals surface area contributed by atoms with Crippen LogP contribution in [-0.4, -0.2) is 42.0 Å². The van der Waals surface area contributed by atoms with E-state index in [1.807, 2.05) is 12.1 Å². The van der Waals surface area contributed by atoms with Crippen LogP contribution in [-0.2, 0) is 11.2 Å². The fourth-order valence-corrected chi connectivity index (χ4v) is 7.03. The lowest BCUT2D eigenvalue weighted by Crippen LogP contribution is -2.64. The third-order valence-corrected chi connectivity index (χ3v) is 7.83. The molecule has 4 nitrogen and oxygen atoms in total. The van der Waals surface area contributed by atoms with Crippen LogP contribution in [0, 0.1) is 23.1 Å². The van der Waals surface area contributed by atoms with Crippen LogP contribution in [0.15, 0.2) is 24.3 Å². The van der Waals surface area contributed by atoms with Gasteiger partial charge in [0.2, 0.25) is 5.91 Å². The van der Waals surface area contributed by atoms with E-state index < -0.39 is 0 Å². The molecule has 5 fully saturated rings. The van der Waals surface area contributed by atoms with Crippen molar-refractivity contribution in [3.05, 3.63) is 35.6 Å². The molecule has 5 heteroatoms. The van der Waals surface area contributed by atoms with Gasteiger partial charge < -0.3 is 16.0 Å². The Morgan fingerprint density at radius 2 is 1.89 bits per heavy atom. The van der Waals surface area contributed by atoms with Crippen molar-refractivity contribution in [1.29, 1.82) is 0 Å². The zero-order valence-electron chi connectivity index (χ0n) is 16.6. The molecule has 1 aliphatic heterocycles. The molecule has 1 aromatic rings. The summed E-state index contributed by atoms with van der Waals surface area (Å²) in [5.74, 6) is 1.42. The molecule has 1 saturated heterocycles. The molecule has 152 valence electrons. The van der Waals surface area contributed by atoms with Gasteiger partial charge in [-0.3, -0.25) is 4.79 Å². The number of hydrogen-bond donors (Lipinski definition) is 2. The number of benzene rings is 1. The molecule has 28 heavy (non-hydrogen) atoms. The summed E-state index contributed by atoms with van der Waals surface area (Å²) in [4.78, 5) is 15.7. The number of nitrogens with two attached hydrogens (primary N) is 1.